The van der Waals surface area contributed by atoms with Gasteiger partial charge < -0.3 is 11.1 Å². The molecule has 0 aliphatic rings. The molecule has 0 radical (unpaired) electrons. The van der Waals surface area contributed by atoms with Crippen LogP contribution in [-0.2, 0) is 4.79 Å². The van der Waals surface area contributed by atoms with E-state index in [1.54, 1.807) is 11.8 Å². The van der Waals surface area contributed by atoms with Gasteiger partial charge in [-0.2, -0.15) is 11.8 Å². The summed E-state index contributed by atoms with van der Waals surface area (Å²) in [5.41, 5.74) is 6.35. The molecule has 0 heterocycles. The van der Waals surface area contributed by atoms with Crippen LogP contribution in [-0.4, -0.2) is 17.4 Å². The van der Waals surface area contributed by atoms with Gasteiger partial charge in [0.25, 0.3) is 0 Å². The fraction of sp³-hybridized carbons (Fsp3) is 0.500. The van der Waals surface area contributed by atoms with Gasteiger partial charge in [0.2, 0.25) is 5.91 Å². The van der Waals surface area contributed by atoms with E-state index in [1.807, 2.05) is 0 Å². The van der Waals surface area contributed by atoms with Gasteiger partial charge >= 0.3 is 0 Å². The third kappa shape index (κ3) is 6.47. The van der Waals surface area contributed by atoms with Crippen molar-refractivity contribution in [1.82, 2.24) is 0 Å². The number of thioether (sulfide) groups is 1. The van der Waals surface area contributed by atoms with Crippen molar-refractivity contribution in [1.29, 1.82) is 0 Å². The monoisotopic (exact) mass is 284 g/mol. The Balaban J connectivity index is 2.23. The maximum atomic E-state index is 12.8. The van der Waals surface area contributed by atoms with Crippen LogP contribution in [0.25, 0.3) is 0 Å². The van der Waals surface area contributed by atoms with Gasteiger partial charge in [-0.3, -0.25) is 4.79 Å². The summed E-state index contributed by atoms with van der Waals surface area (Å²) in [4.78, 5) is 11.7. The van der Waals surface area contributed by atoms with Crippen LogP contribution in [0.1, 0.15) is 32.6 Å². The molecule has 1 amide bonds. The van der Waals surface area contributed by atoms with Crippen molar-refractivity contribution in [3.8, 4) is 0 Å². The lowest BCUT2D eigenvalue weighted by Gasteiger charge is -2.08. The Morgan fingerprint density at radius 2 is 2.16 bits per heavy atom. The zero-order valence-electron chi connectivity index (χ0n) is 11.2. The van der Waals surface area contributed by atoms with Gasteiger partial charge in [-0.1, -0.05) is 19.8 Å². The van der Waals surface area contributed by atoms with E-state index in [0.717, 1.165) is 11.5 Å². The lowest BCUT2D eigenvalue weighted by molar-refractivity contribution is -0.115. The predicted molar refractivity (Wildman–Crippen MR) is 80.9 cm³/mol. The number of unbranched alkanes of at least 4 members (excludes halogenated alkanes) is 2. The van der Waals surface area contributed by atoms with E-state index >= 15 is 0 Å². The summed E-state index contributed by atoms with van der Waals surface area (Å²) in [6.07, 6.45) is 4.11. The third-order valence-electron chi connectivity index (χ3n) is 2.65. The van der Waals surface area contributed by atoms with Crippen LogP contribution in [0.5, 0.6) is 0 Å². The molecule has 0 spiro atoms. The molecule has 19 heavy (non-hydrogen) atoms. The van der Waals surface area contributed by atoms with Crippen LogP contribution in [0, 0.1) is 5.82 Å². The second-order valence-corrected chi connectivity index (χ2v) is 5.57. The number of hydrogen-bond donors (Lipinski definition) is 2. The van der Waals surface area contributed by atoms with Crippen molar-refractivity contribution >= 4 is 29.0 Å². The van der Waals surface area contributed by atoms with Crippen LogP contribution in [0.2, 0.25) is 0 Å². The molecule has 1 aromatic carbocycles. The number of nitrogens with one attached hydrogen (secondary N) is 1. The summed E-state index contributed by atoms with van der Waals surface area (Å²) in [5, 5.41) is 2.70. The van der Waals surface area contributed by atoms with Gasteiger partial charge in [-0.05, 0) is 30.4 Å². The first-order valence-electron chi connectivity index (χ1n) is 6.56. The smallest absolute Gasteiger partial charge is 0.225 e. The van der Waals surface area contributed by atoms with E-state index < -0.39 is 5.82 Å². The quantitative estimate of drug-likeness (QED) is 0.566. The van der Waals surface area contributed by atoms with E-state index in [9.17, 15) is 9.18 Å². The maximum Gasteiger partial charge on any atom is 0.225 e. The Labute approximate surface area is 118 Å². The molecule has 0 saturated carbocycles. The summed E-state index contributed by atoms with van der Waals surface area (Å²) in [5.74, 6) is 1.42. The standard InChI is InChI=1S/C14H21FN2OS/c1-2-3-4-8-19-9-7-14(18)17-13-6-5-11(15)10-12(13)16/h5-6,10H,2-4,7-9,16H2,1H3,(H,17,18). The Kier molecular flexibility index (Phi) is 7.33. The highest BCUT2D eigenvalue weighted by Gasteiger charge is 2.05. The largest absolute Gasteiger partial charge is 0.397 e. The number of anilines is 2. The Morgan fingerprint density at radius 1 is 1.37 bits per heavy atom. The van der Waals surface area contributed by atoms with Crippen molar-refractivity contribution in [3.63, 3.8) is 0 Å². The normalized spacial score (nSPS) is 10.4. The molecule has 0 aliphatic heterocycles. The molecule has 106 valence electrons. The molecular weight excluding hydrogens is 263 g/mol. The summed E-state index contributed by atoms with van der Waals surface area (Å²) in [7, 11) is 0. The summed E-state index contributed by atoms with van der Waals surface area (Å²) < 4.78 is 12.8. The molecule has 0 unspecified atom stereocenters. The SMILES string of the molecule is CCCCCSCCC(=O)Nc1ccc(F)cc1N. The van der Waals surface area contributed by atoms with E-state index in [-0.39, 0.29) is 11.6 Å². The van der Waals surface area contributed by atoms with Gasteiger partial charge in [-0.15, -0.1) is 0 Å². The predicted octanol–water partition coefficient (Wildman–Crippen LogP) is 3.66. The Bertz CT molecular complexity index is 412. The topological polar surface area (TPSA) is 55.1 Å². The average molecular weight is 284 g/mol. The maximum absolute atomic E-state index is 12.8. The lowest BCUT2D eigenvalue weighted by atomic mass is 10.2. The average Bonchev–Trinajstić information content (AvgIpc) is 2.37. The van der Waals surface area contributed by atoms with Gasteiger partial charge in [0.15, 0.2) is 0 Å². The molecule has 0 aromatic heterocycles. The number of hydrogen-bond acceptors (Lipinski definition) is 3. The van der Waals surface area contributed by atoms with Crippen LogP contribution >= 0.6 is 11.8 Å². The molecule has 3 nitrogen and oxygen atoms in total. The molecule has 0 atom stereocenters. The number of carbonyl (C=O) groups is 1. The molecule has 1 rings (SSSR count). The minimum absolute atomic E-state index is 0.0821. The highest BCUT2D eigenvalue weighted by Crippen LogP contribution is 2.19. The Hall–Kier alpha value is -1.23. The van der Waals surface area contributed by atoms with Crippen molar-refractivity contribution in [3.05, 3.63) is 24.0 Å². The van der Waals surface area contributed by atoms with Gasteiger partial charge in [-0.25, -0.2) is 4.39 Å². The zero-order valence-corrected chi connectivity index (χ0v) is 12.1. The molecule has 0 aliphatic carbocycles. The number of halogens is 1. The molecule has 1 aromatic rings. The van der Waals surface area contributed by atoms with Crippen LogP contribution < -0.4 is 11.1 Å². The highest BCUT2D eigenvalue weighted by molar-refractivity contribution is 7.99. The molecule has 0 bridgehead atoms. The Morgan fingerprint density at radius 3 is 2.84 bits per heavy atom. The summed E-state index contributed by atoms with van der Waals surface area (Å²) >= 11 is 1.79. The van der Waals surface area contributed by atoms with Crippen molar-refractivity contribution < 1.29 is 9.18 Å². The minimum atomic E-state index is -0.401. The molecule has 3 N–H and O–H groups in total. The fourth-order valence-electron chi connectivity index (χ4n) is 1.58. The lowest BCUT2D eigenvalue weighted by Crippen LogP contribution is -2.13. The number of nitrogens with two attached hydrogens (primary N) is 1. The van der Waals surface area contributed by atoms with Crippen LogP contribution in [0.15, 0.2) is 18.2 Å². The second-order valence-electron chi connectivity index (χ2n) is 4.35. The first-order valence-corrected chi connectivity index (χ1v) is 7.71. The second kappa shape index (κ2) is 8.80. The van der Waals surface area contributed by atoms with Gasteiger partial charge in [0, 0.05) is 12.2 Å². The zero-order chi connectivity index (χ0) is 14.1. The van der Waals surface area contributed by atoms with E-state index in [1.165, 1.54) is 37.5 Å². The molecule has 5 heteroatoms. The molecule has 0 fully saturated rings. The number of amides is 1. The highest BCUT2D eigenvalue weighted by atomic mass is 32.2. The van der Waals surface area contributed by atoms with E-state index in [4.69, 9.17) is 5.73 Å². The minimum Gasteiger partial charge on any atom is -0.397 e. The molecule has 0 saturated heterocycles. The van der Waals surface area contributed by atoms with Crippen molar-refractivity contribution in [2.45, 2.75) is 32.6 Å². The first kappa shape index (κ1) is 15.8. The number of rotatable bonds is 8. The van der Waals surface area contributed by atoms with Crippen LogP contribution in [0.4, 0.5) is 15.8 Å². The number of benzene rings is 1. The van der Waals surface area contributed by atoms with Gasteiger partial charge in [0.05, 0.1) is 11.4 Å². The molecular formula is C14H21FN2OS. The number of nitrogen functional groups attached to an aromatic ring is 1. The van der Waals surface area contributed by atoms with E-state index in [0.29, 0.717) is 12.1 Å². The summed E-state index contributed by atoms with van der Waals surface area (Å²) in [6, 6.07) is 3.97. The third-order valence-corrected chi connectivity index (χ3v) is 3.72. The first-order chi connectivity index (χ1) is 9.13. The van der Waals surface area contributed by atoms with Gasteiger partial charge in [0.1, 0.15) is 5.82 Å². The number of carbonyl (C=O) groups excluding carboxylic acids is 1. The van der Waals surface area contributed by atoms with Crippen molar-refractivity contribution in [2.24, 2.45) is 0 Å². The van der Waals surface area contributed by atoms with E-state index in [2.05, 4.69) is 12.2 Å². The summed E-state index contributed by atoms with van der Waals surface area (Å²) in [6.45, 7) is 2.17. The fourth-order valence-corrected chi connectivity index (χ4v) is 2.52. The van der Waals surface area contributed by atoms with Crippen LogP contribution in [0.3, 0.4) is 0 Å². The van der Waals surface area contributed by atoms with Crippen molar-refractivity contribution in [2.75, 3.05) is 22.6 Å².